The number of ketones is 1. The molecule has 0 atom stereocenters. The van der Waals surface area contributed by atoms with Gasteiger partial charge in [-0.15, -0.1) is 0 Å². The largest absolute Gasteiger partial charge is 0.342 e. The molecule has 1 aromatic heterocycles. The van der Waals surface area contributed by atoms with Gasteiger partial charge in [0.2, 0.25) is 0 Å². The van der Waals surface area contributed by atoms with E-state index in [-0.39, 0.29) is 11.0 Å². The molecule has 98 valence electrons. The summed E-state index contributed by atoms with van der Waals surface area (Å²) >= 11 is 0. The van der Waals surface area contributed by atoms with E-state index in [0.717, 1.165) is 12.0 Å². The molecular formula is C16H23NO. The molecule has 3 rings (SSSR count). The molecule has 0 spiro atoms. The van der Waals surface area contributed by atoms with Gasteiger partial charge in [0.1, 0.15) is 0 Å². The van der Waals surface area contributed by atoms with Crippen molar-refractivity contribution in [3.8, 4) is 0 Å². The summed E-state index contributed by atoms with van der Waals surface area (Å²) in [6.07, 6.45) is 5.56. The molecule has 2 nitrogen and oxygen atoms in total. The highest BCUT2D eigenvalue weighted by Crippen LogP contribution is 2.45. The van der Waals surface area contributed by atoms with Crippen LogP contribution in [0, 0.1) is 12.3 Å². The van der Waals surface area contributed by atoms with Gasteiger partial charge in [-0.1, -0.05) is 13.8 Å². The van der Waals surface area contributed by atoms with Crippen LogP contribution in [0.1, 0.15) is 68.2 Å². The summed E-state index contributed by atoms with van der Waals surface area (Å²) < 4.78 is 2.48. The maximum absolute atomic E-state index is 12.3. The normalized spacial score (nSPS) is 24.6. The number of nitrogens with zero attached hydrogens (tertiary/aromatic N) is 1. The Kier molecular flexibility index (Phi) is 2.33. The maximum atomic E-state index is 12.3. The Balaban J connectivity index is 2.15. The number of fused-ring (bicyclic) bond motifs is 1. The predicted octanol–water partition coefficient (Wildman–Crippen LogP) is 3.85. The molecule has 0 N–H and O–H groups in total. The summed E-state index contributed by atoms with van der Waals surface area (Å²) in [7, 11) is 0. The molecule has 0 aliphatic heterocycles. The molecule has 2 heteroatoms. The fraction of sp³-hybridized carbons (Fsp3) is 0.688. The molecule has 1 aromatic rings. The fourth-order valence-corrected chi connectivity index (χ4v) is 3.82. The van der Waals surface area contributed by atoms with Crippen LogP contribution in [0.25, 0.3) is 0 Å². The standard InChI is InChI=1S/C16H23NO/c1-11-8-12-13(9-15(2,3)10-14(12)18)17(11)16(4)6-5-7-16/h8H,5-7,9-10H2,1-4H3. The predicted molar refractivity (Wildman–Crippen MR) is 73.1 cm³/mol. The van der Waals surface area contributed by atoms with Crippen LogP contribution in [0.3, 0.4) is 0 Å². The summed E-state index contributed by atoms with van der Waals surface area (Å²) in [5.74, 6) is 0.339. The summed E-state index contributed by atoms with van der Waals surface area (Å²) in [6.45, 7) is 8.92. The van der Waals surface area contributed by atoms with Crippen molar-refractivity contribution in [3.05, 3.63) is 23.0 Å². The van der Waals surface area contributed by atoms with Crippen LogP contribution in [0.5, 0.6) is 0 Å². The molecule has 0 bridgehead atoms. The molecule has 1 heterocycles. The third-order valence-electron chi connectivity index (χ3n) is 4.84. The molecule has 0 unspecified atom stereocenters. The van der Waals surface area contributed by atoms with E-state index in [1.54, 1.807) is 0 Å². The van der Waals surface area contributed by atoms with Crippen molar-refractivity contribution in [3.63, 3.8) is 0 Å². The minimum atomic E-state index is 0.118. The van der Waals surface area contributed by atoms with Gasteiger partial charge in [0, 0.05) is 28.9 Å². The Morgan fingerprint density at radius 1 is 1.17 bits per heavy atom. The second-order valence-electron chi connectivity index (χ2n) is 7.27. The molecule has 0 aromatic carbocycles. The fourth-order valence-electron chi connectivity index (χ4n) is 3.82. The Morgan fingerprint density at radius 3 is 2.39 bits per heavy atom. The Hall–Kier alpha value is -1.05. The summed E-state index contributed by atoms with van der Waals surface area (Å²) in [4.78, 5) is 12.3. The average molecular weight is 245 g/mol. The highest BCUT2D eigenvalue weighted by atomic mass is 16.1. The highest BCUT2D eigenvalue weighted by Gasteiger charge is 2.41. The smallest absolute Gasteiger partial charge is 0.165 e. The minimum absolute atomic E-state index is 0.118. The van der Waals surface area contributed by atoms with Crippen molar-refractivity contribution in [1.29, 1.82) is 0 Å². The van der Waals surface area contributed by atoms with E-state index in [0.29, 0.717) is 12.2 Å². The zero-order chi connectivity index (χ0) is 13.1. The van der Waals surface area contributed by atoms with Crippen LogP contribution in [-0.4, -0.2) is 10.4 Å². The number of carbonyl (C=O) groups is 1. The van der Waals surface area contributed by atoms with Crippen molar-refractivity contribution >= 4 is 5.78 Å². The lowest BCUT2D eigenvalue weighted by molar-refractivity contribution is 0.0900. The van der Waals surface area contributed by atoms with Crippen LogP contribution < -0.4 is 0 Å². The average Bonchev–Trinajstić information content (AvgIpc) is 2.50. The molecule has 2 aliphatic carbocycles. The number of Topliss-reactive ketones (excluding diaryl/α,β-unsaturated/α-hetero) is 1. The van der Waals surface area contributed by atoms with Gasteiger partial charge in [0.15, 0.2) is 5.78 Å². The number of rotatable bonds is 1. The molecule has 0 saturated heterocycles. The van der Waals surface area contributed by atoms with Crippen LogP contribution in [0.4, 0.5) is 0 Å². The quantitative estimate of drug-likeness (QED) is 0.736. The molecule has 18 heavy (non-hydrogen) atoms. The minimum Gasteiger partial charge on any atom is -0.342 e. The number of hydrogen-bond acceptors (Lipinski definition) is 1. The molecule has 1 fully saturated rings. The van der Waals surface area contributed by atoms with E-state index in [1.165, 1.54) is 30.7 Å². The van der Waals surface area contributed by atoms with E-state index >= 15 is 0 Å². The second kappa shape index (κ2) is 3.49. The number of hydrogen-bond donors (Lipinski definition) is 0. The summed E-state index contributed by atoms with van der Waals surface area (Å²) in [5, 5.41) is 0. The number of carbonyl (C=O) groups excluding carboxylic acids is 1. The molecular weight excluding hydrogens is 222 g/mol. The molecule has 2 aliphatic rings. The lowest BCUT2D eigenvalue weighted by atomic mass is 9.74. The summed E-state index contributed by atoms with van der Waals surface area (Å²) in [5.41, 5.74) is 3.96. The second-order valence-corrected chi connectivity index (χ2v) is 7.27. The maximum Gasteiger partial charge on any atom is 0.165 e. The van der Waals surface area contributed by atoms with E-state index in [4.69, 9.17) is 0 Å². The van der Waals surface area contributed by atoms with E-state index in [2.05, 4.69) is 38.3 Å². The first-order chi connectivity index (χ1) is 8.32. The lowest BCUT2D eigenvalue weighted by Crippen LogP contribution is -2.40. The van der Waals surface area contributed by atoms with Crippen LogP contribution >= 0.6 is 0 Å². The molecule has 1 saturated carbocycles. The third-order valence-corrected chi connectivity index (χ3v) is 4.84. The van der Waals surface area contributed by atoms with Gasteiger partial charge in [0.25, 0.3) is 0 Å². The molecule has 0 amide bonds. The topological polar surface area (TPSA) is 22.0 Å². The van der Waals surface area contributed by atoms with E-state index in [9.17, 15) is 4.79 Å². The Labute approximate surface area is 109 Å². The molecule has 0 radical (unpaired) electrons. The monoisotopic (exact) mass is 245 g/mol. The van der Waals surface area contributed by atoms with E-state index < -0.39 is 0 Å². The van der Waals surface area contributed by atoms with Gasteiger partial charge < -0.3 is 4.57 Å². The first-order valence-corrected chi connectivity index (χ1v) is 7.07. The Bertz CT molecular complexity index is 517. The first-order valence-electron chi connectivity index (χ1n) is 7.07. The SMILES string of the molecule is Cc1cc2c(n1C1(C)CCC1)CC(C)(C)CC2=O. The van der Waals surface area contributed by atoms with Gasteiger partial charge in [-0.3, -0.25) is 4.79 Å². The third kappa shape index (κ3) is 1.58. The van der Waals surface area contributed by atoms with E-state index in [1.807, 2.05) is 0 Å². The first kappa shape index (κ1) is 12.0. The van der Waals surface area contributed by atoms with Gasteiger partial charge in [-0.2, -0.15) is 0 Å². The zero-order valence-electron chi connectivity index (χ0n) is 12.0. The van der Waals surface area contributed by atoms with Gasteiger partial charge in [-0.05, 0) is 51.0 Å². The summed E-state index contributed by atoms with van der Waals surface area (Å²) in [6, 6.07) is 2.12. The van der Waals surface area contributed by atoms with Crippen molar-refractivity contribution in [2.75, 3.05) is 0 Å². The highest BCUT2D eigenvalue weighted by molar-refractivity contribution is 5.99. The van der Waals surface area contributed by atoms with Gasteiger partial charge in [-0.25, -0.2) is 0 Å². The zero-order valence-corrected chi connectivity index (χ0v) is 12.0. The van der Waals surface area contributed by atoms with Crippen LogP contribution in [0.2, 0.25) is 0 Å². The number of aryl methyl sites for hydroxylation is 1. The van der Waals surface area contributed by atoms with Crippen LogP contribution in [0.15, 0.2) is 6.07 Å². The van der Waals surface area contributed by atoms with Crippen molar-refractivity contribution in [2.24, 2.45) is 5.41 Å². The lowest BCUT2D eigenvalue weighted by Gasteiger charge is -2.44. The number of aromatic nitrogens is 1. The van der Waals surface area contributed by atoms with Crippen molar-refractivity contribution < 1.29 is 4.79 Å². The Morgan fingerprint density at radius 2 is 1.83 bits per heavy atom. The van der Waals surface area contributed by atoms with Crippen LogP contribution in [-0.2, 0) is 12.0 Å². The van der Waals surface area contributed by atoms with Crippen molar-refractivity contribution in [1.82, 2.24) is 4.57 Å². The van der Waals surface area contributed by atoms with Crippen molar-refractivity contribution in [2.45, 2.75) is 65.3 Å². The van der Waals surface area contributed by atoms with Gasteiger partial charge in [0.05, 0.1) is 0 Å². The van der Waals surface area contributed by atoms with Gasteiger partial charge >= 0.3 is 0 Å².